The number of hydrogen-bond donors (Lipinski definition) is 1. The molecule has 20 heavy (non-hydrogen) atoms. The van der Waals surface area contributed by atoms with Crippen LogP contribution in [0.3, 0.4) is 0 Å². The molecular weight excluding hydrogens is 317 g/mol. The highest BCUT2D eigenvalue weighted by Gasteiger charge is 2.14. The van der Waals surface area contributed by atoms with Gasteiger partial charge in [-0.2, -0.15) is 0 Å². The molecule has 0 spiro atoms. The van der Waals surface area contributed by atoms with Gasteiger partial charge in [0.05, 0.1) is 4.47 Å². The van der Waals surface area contributed by atoms with Gasteiger partial charge in [-0.1, -0.05) is 30.3 Å². The van der Waals surface area contributed by atoms with Crippen molar-refractivity contribution in [1.82, 2.24) is 5.32 Å². The molecule has 0 heterocycles. The number of benzene rings is 2. The number of nitrogens with one attached hydrogen (secondary N) is 1. The Morgan fingerprint density at radius 1 is 1.15 bits per heavy atom. The second-order valence-electron chi connectivity index (χ2n) is 5.10. The summed E-state index contributed by atoms with van der Waals surface area (Å²) in [7, 11) is 1.94. The Labute approximate surface area is 128 Å². The number of rotatable bonds is 4. The molecule has 0 aliphatic rings. The topological polar surface area (TPSA) is 12.0 Å². The van der Waals surface area contributed by atoms with Gasteiger partial charge in [0, 0.05) is 6.04 Å². The van der Waals surface area contributed by atoms with Crippen molar-refractivity contribution in [3.05, 3.63) is 68.9 Å². The van der Waals surface area contributed by atoms with Crippen molar-refractivity contribution in [3.8, 4) is 0 Å². The highest BCUT2D eigenvalue weighted by atomic mass is 79.9. The summed E-state index contributed by atoms with van der Waals surface area (Å²) in [4.78, 5) is 0. The molecule has 0 saturated heterocycles. The third-order valence-corrected chi connectivity index (χ3v) is 4.63. The lowest BCUT2D eigenvalue weighted by Crippen LogP contribution is -2.19. The zero-order valence-corrected chi connectivity index (χ0v) is 13.6. The SMILES string of the molecule is CNC(Cc1cccc(F)c1Br)c1ccc(C)c(C)c1. The van der Waals surface area contributed by atoms with Gasteiger partial charge < -0.3 is 5.32 Å². The van der Waals surface area contributed by atoms with Crippen LogP contribution in [-0.4, -0.2) is 7.05 Å². The quantitative estimate of drug-likeness (QED) is 0.853. The molecule has 2 aromatic carbocycles. The average molecular weight is 336 g/mol. The maximum absolute atomic E-state index is 13.6. The minimum atomic E-state index is -0.211. The largest absolute Gasteiger partial charge is 0.313 e. The van der Waals surface area contributed by atoms with Gasteiger partial charge in [0.25, 0.3) is 0 Å². The van der Waals surface area contributed by atoms with E-state index in [9.17, 15) is 4.39 Å². The van der Waals surface area contributed by atoms with Crippen molar-refractivity contribution in [2.45, 2.75) is 26.3 Å². The molecule has 0 saturated carbocycles. The number of hydrogen-bond acceptors (Lipinski definition) is 1. The molecule has 0 fully saturated rings. The van der Waals surface area contributed by atoms with Crippen LogP contribution in [0.1, 0.15) is 28.3 Å². The molecule has 1 N–H and O–H groups in total. The molecule has 106 valence electrons. The van der Waals surface area contributed by atoms with E-state index < -0.39 is 0 Å². The van der Waals surface area contributed by atoms with E-state index >= 15 is 0 Å². The number of aryl methyl sites for hydroxylation is 2. The van der Waals surface area contributed by atoms with Crippen molar-refractivity contribution in [3.63, 3.8) is 0 Å². The molecule has 2 rings (SSSR count). The van der Waals surface area contributed by atoms with E-state index in [4.69, 9.17) is 0 Å². The lowest BCUT2D eigenvalue weighted by Gasteiger charge is -2.19. The Bertz CT molecular complexity index is 610. The summed E-state index contributed by atoms with van der Waals surface area (Å²) in [6.07, 6.45) is 0.747. The zero-order chi connectivity index (χ0) is 14.7. The van der Waals surface area contributed by atoms with Crippen LogP contribution in [-0.2, 0) is 6.42 Å². The van der Waals surface area contributed by atoms with E-state index in [0.717, 1.165) is 12.0 Å². The van der Waals surface area contributed by atoms with Crippen LogP contribution in [0.25, 0.3) is 0 Å². The molecule has 1 unspecified atom stereocenters. The van der Waals surface area contributed by atoms with Gasteiger partial charge in [-0.05, 0) is 71.6 Å². The predicted molar refractivity (Wildman–Crippen MR) is 85.5 cm³/mol. The third-order valence-electron chi connectivity index (χ3n) is 3.74. The summed E-state index contributed by atoms with van der Waals surface area (Å²) in [5.74, 6) is -0.211. The van der Waals surface area contributed by atoms with Crippen LogP contribution in [0.4, 0.5) is 4.39 Å². The van der Waals surface area contributed by atoms with Crippen molar-refractivity contribution in [1.29, 1.82) is 0 Å². The minimum absolute atomic E-state index is 0.174. The summed E-state index contributed by atoms with van der Waals surface area (Å²) in [6.45, 7) is 4.22. The molecular formula is C17H19BrFN. The normalized spacial score (nSPS) is 12.4. The van der Waals surface area contributed by atoms with Crippen molar-refractivity contribution in [2.24, 2.45) is 0 Å². The van der Waals surface area contributed by atoms with Crippen molar-refractivity contribution >= 4 is 15.9 Å². The fraction of sp³-hybridized carbons (Fsp3) is 0.294. The van der Waals surface area contributed by atoms with Gasteiger partial charge in [-0.3, -0.25) is 0 Å². The first-order chi connectivity index (χ1) is 9.52. The highest BCUT2D eigenvalue weighted by molar-refractivity contribution is 9.10. The highest BCUT2D eigenvalue weighted by Crippen LogP contribution is 2.26. The van der Waals surface area contributed by atoms with Gasteiger partial charge in [0.2, 0.25) is 0 Å². The molecule has 3 heteroatoms. The first-order valence-electron chi connectivity index (χ1n) is 6.70. The third kappa shape index (κ3) is 3.28. The number of halogens is 2. The lowest BCUT2D eigenvalue weighted by molar-refractivity contribution is 0.580. The Hall–Kier alpha value is -1.19. The van der Waals surface area contributed by atoms with Crippen molar-refractivity contribution < 1.29 is 4.39 Å². The standard InChI is InChI=1S/C17H19BrFN/c1-11-7-8-13(9-12(11)2)16(20-3)10-14-5-4-6-15(19)17(14)18/h4-9,16,20H,10H2,1-3H3. The van der Waals surface area contributed by atoms with Gasteiger partial charge in [-0.25, -0.2) is 4.39 Å². The van der Waals surface area contributed by atoms with Gasteiger partial charge in [0.1, 0.15) is 5.82 Å². The summed E-state index contributed by atoms with van der Waals surface area (Å²) >= 11 is 3.33. The lowest BCUT2D eigenvalue weighted by atomic mass is 9.96. The first-order valence-corrected chi connectivity index (χ1v) is 7.49. The zero-order valence-electron chi connectivity index (χ0n) is 12.0. The maximum atomic E-state index is 13.6. The van der Waals surface area contributed by atoms with Crippen molar-refractivity contribution in [2.75, 3.05) is 7.05 Å². The van der Waals surface area contributed by atoms with Crippen LogP contribution in [0.2, 0.25) is 0 Å². The molecule has 0 aromatic heterocycles. The van der Waals surface area contributed by atoms with Gasteiger partial charge in [0.15, 0.2) is 0 Å². The summed E-state index contributed by atoms with van der Waals surface area (Å²) < 4.78 is 14.1. The Balaban J connectivity index is 2.28. The number of likely N-dealkylation sites (N-methyl/N-ethyl adjacent to an activating group) is 1. The molecule has 0 aliphatic carbocycles. The van der Waals surface area contributed by atoms with Crippen LogP contribution in [0.5, 0.6) is 0 Å². The fourth-order valence-electron chi connectivity index (χ4n) is 2.29. The first kappa shape index (κ1) is 15.2. The molecule has 0 amide bonds. The van der Waals surface area contributed by atoms with E-state index in [1.807, 2.05) is 13.1 Å². The molecule has 1 nitrogen and oxygen atoms in total. The van der Waals surface area contributed by atoms with Crippen LogP contribution >= 0.6 is 15.9 Å². The van der Waals surface area contributed by atoms with Gasteiger partial charge >= 0.3 is 0 Å². The molecule has 1 atom stereocenters. The van der Waals surface area contributed by atoms with Crippen LogP contribution < -0.4 is 5.32 Å². The molecule has 0 aliphatic heterocycles. The minimum Gasteiger partial charge on any atom is -0.313 e. The van der Waals surface area contributed by atoms with E-state index in [0.29, 0.717) is 4.47 Å². The second kappa shape index (κ2) is 6.51. The summed E-state index contributed by atoms with van der Waals surface area (Å²) in [6, 6.07) is 11.8. The van der Waals surface area contributed by atoms with E-state index in [2.05, 4.69) is 53.3 Å². The molecule has 2 aromatic rings. The van der Waals surface area contributed by atoms with E-state index in [-0.39, 0.29) is 11.9 Å². The fourth-order valence-corrected chi connectivity index (χ4v) is 2.72. The summed E-state index contributed by atoms with van der Waals surface area (Å²) in [5, 5.41) is 3.32. The van der Waals surface area contributed by atoms with Crippen LogP contribution in [0.15, 0.2) is 40.9 Å². The van der Waals surface area contributed by atoms with Gasteiger partial charge in [-0.15, -0.1) is 0 Å². The molecule has 0 radical (unpaired) electrons. The molecule has 0 bridgehead atoms. The summed E-state index contributed by atoms with van der Waals surface area (Å²) in [5.41, 5.74) is 4.77. The van der Waals surface area contributed by atoms with Crippen LogP contribution in [0, 0.1) is 19.7 Å². The van der Waals surface area contributed by atoms with E-state index in [1.54, 1.807) is 6.07 Å². The smallest absolute Gasteiger partial charge is 0.137 e. The monoisotopic (exact) mass is 335 g/mol. The Kier molecular flexibility index (Phi) is 4.95. The maximum Gasteiger partial charge on any atom is 0.137 e. The second-order valence-corrected chi connectivity index (χ2v) is 5.90. The average Bonchev–Trinajstić information content (AvgIpc) is 2.44. The predicted octanol–water partition coefficient (Wildman–Crippen LogP) is 4.71. The Morgan fingerprint density at radius 2 is 1.90 bits per heavy atom. The Morgan fingerprint density at radius 3 is 2.55 bits per heavy atom. The van der Waals surface area contributed by atoms with E-state index in [1.165, 1.54) is 22.8 Å².